The summed E-state index contributed by atoms with van der Waals surface area (Å²) in [5, 5.41) is 8.75. The molecule has 0 unspecified atom stereocenters. The lowest BCUT2D eigenvalue weighted by atomic mass is 10.2. The summed E-state index contributed by atoms with van der Waals surface area (Å²) in [7, 11) is 0. The van der Waals surface area contributed by atoms with E-state index in [4.69, 9.17) is 5.11 Å². The molecule has 1 heterocycles. The Hall–Kier alpha value is -1.91. The number of hydrogen-bond donors (Lipinski definition) is 1. The van der Waals surface area contributed by atoms with Crippen molar-refractivity contribution in [3.63, 3.8) is 0 Å². The van der Waals surface area contributed by atoms with Crippen molar-refractivity contribution in [2.24, 2.45) is 0 Å². The van der Waals surface area contributed by atoms with Gasteiger partial charge >= 0.3 is 5.97 Å². The fourth-order valence-corrected chi connectivity index (χ4v) is 1.66. The van der Waals surface area contributed by atoms with Crippen molar-refractivity contribution in [3.8, 4) is 0 Å². The lowest BCUT2D eigenvalue weighted by molar-refractivity contribution is -0.136. The molecule has 5 nitrogen and oxygen atoms in total. The van der Waals surface area contributed by atoms with Gasteiger partial charge in [-0.3, -0.25) is 14.5 Å². The third kappa shape index (κ3) is 5.07. The van der Waals surface area contributed by atoms with Gasteiger partial charge in [-0.15, -0.1) is 0 Å². The van der Waals surface area contributed by atoms with Crippen molar-refractivity contribution in [1.29, 1.82) is 0 Å². The predicted octanol–water partition coefficient (Wildman–Crippen LogP) is 2.39. The summed E-state index contributed by atoms with van der Waals surface area (Å²) >= 11 is 0. The number of hydrogen-bond acceptors (Lipinski definition) is 3. The molecule has 1 N–H and O–H groups in total. The molecule has 0 saturated carbocycles. The van der Waals surface area contributed by atoms with E-state index in [2.05, 4.69) is 4.98 Å². The lowest BCUT2D eigenvalue weighted by Crippen LogP contribution is -2.33. The Morgan fingerprint density at radius 3 is 2.58 bits per heavy atom. The van der Waals surface area contributed by atoms with E-state index < -0.39 is 5.97 Å². The number of nitrogens with zero attached hydrogens (tertiary/aromatic N) is 2. The molecule has 1 aromatic heterocycles. The van der Waals surface area contributed by atoms with Gasteiger partial charge < -0.3 is 5.11 Å². The summed E-state index contributed by atoms with van der Waals surface area (Å²) in [5.74, 6) is -0.465. The van der Waals surface area contributed by atoms with E-state index in [1.54, 1.807) is 12.3 Å². The first-order chi connectivity index (χ1) is 9.04. The van der Waals surface area contributed by atoms with Gasteiger partial charge in [-0.1, -0.05) is 19.4 Å². The standard InChI is InChI=1S/C14H20N2O3/c1-3-4-5-13(17)16(9-8-14(18)19)12-7-6-11(2)10-15-12/h6-7,10H,3-5,8-9H2,1-2H3,(H,18,19). The zero-order valence-corrected chi connectivity index (χ0v) is 11.4. The summed E-state index contributed by atoms with van der Waals surface area (Å²) in [5.41, 5.74) is 1.00. The Bertz CT molecular complexity index is 429. The second-order valence-corrected chi connectivity index (χ2v) is 4.49. The smallest absolute Gasteiger partial charge is 0.305 e. The van der Waals surface area contributed by atoms with Gasteiger partial charge in [0.05, 0.1) is 6.42 Å². The molecule has 0 fully saturated rings. The average molecular weight is 264 g/mol. The molecule has 0 aliphatic carbocycles. The molecule has 0 saturated heterocycles. The van der Waals surface area contributed by atoms with Crippen LogP contribution in [0.5, 0.6) is 0 Å². The van der Waals surface area contributed by atoms with Gasteiger partial charge in [0, 0.05) is 19.2 Å². The molecule has 0 aliphatic rings. The topological polar surface area (TPSA) is 70.5 Å². The van der Waals surface area contributed by atoms with Crippen molar-refractivity contribution < 1.29 is 14.7 Å². The average Bonchev–Trinajstić information content (AvgIpc) is 2.38. The van der Waals surface area contributed by atoms with Crippen molar-refractivity contribution >= 4 is 17.7 Å². The minimum atomic E-state index is -0.916. The summed E-state index contributed by atoms with van der Waals surface area (Å²) < 4.78 is 0. The minimum Gasteiger partial charge on any atom is -0.481 e. The summed E-state index contributed by atoms with van der Waals surface area (Å²) in [4.78, 5) is 28.4. The predicted molar refractivity (Wildman–Crippen MR) is 73.1 cm³/mol. The Balaban J connectivity index is 2.81. The van der Waals surface area contributed by atoms with Gasteiger partial charge in [0.1, 0.15) is 5.82 Å². The van der Waals surface area contributed by atoms with Crippen LogP contribution in [0.25, 0.3) is 0 Å². The second kappa shape index (κ2) is 7.51. The van der Waals surface area contributed by atoms with E-state index in [0.29, 0.717) is 12.2 Å². The fourth-order valence-electron chi connectivity index (χ4n) is 1.66. The molecule has 1 amide bonds. The van der Waals surface area contributed by atoms with Crippen LogP contribution in [0.4, 0.5) is 5.82 Å². The molecule has 0 bridgehead atoms. The van der Waals surface area contributed by atoms with Gasteiger partial charge in [-0.05, 0) is 25.0 Å². The van der Waals surface area contributed by atoms with Gasteiger partial charge in [0.2, 0.25) is 5.91 Å². The largest absolute Gasteiger partial charge is 0.481 e. The number of aromatic nitrogens is 1. The number of unbranched alkanes of at least 4 members (excludes halogenated alkanes) is 1. The normalized spacial score (nSPS) is 10.2. The van der Waals surface area contributed by atoms with E-state index in [0.717, 1.165) is 18.4 Å². The van der Waals surface area contributed by atoms with E-state index in [1.807, 2.05) is 19.9 Å². The maximum Gasteiger partial charge on any atom is 0.305 e. The highest BCUT2D eigenvalue weighted by Crippen LogP contribution is 2.14. The Morgan fingerprint density at radius 2 is 2.05 bits per heavy atom. The number of carbonyl (C=O) groups is 2. The molecule has 0 aliphatic heterocycles. The number of carboxylic acid groups (broad SMARTS) is 1. The van der Waals surface area contributed by atoms with Gasteiger partial charge in [0.25, 0.3) is 0 Å². The van der Waals surface area contributed by atoms with E-state index in [-0.39, 0.29) is 18.9 Å². The lowest BCUT2D eigenvalue weighted by Gasteiger charge is -2.21. The zero-order chi connectivity index (χ0) is 14.3. The van der Waals surface area contributed by atoms with Crippen LogP contribution in [0.3, 0.4) is 0 Å². The van der Waals surface area contributed by atoms with Crippen molar-refractivity contribution in [3.05, 3.63) is 23.9 Å². The van der Waals surface area contributed by atoms with Crippen molar-refractivity contribution in [1.82, 2.24) is 4.98 Å². The number of aliphatic carboxylic acids is 1. The maximum atomic E-state index is 12.1. The molecular formula is C14H20N2O3. The number of aryl methyl sites for hydroxylation is 1. The summed E-state index contributed by atoms with van der Waals surface area (Å²) in [6.07, 6.45) is 3.75. The Labute approximate surface area is 113 Å². The molecule has 1 aromatic rings. The number of pyridine rings is 1. The number of carboxylic acids is 1. The monoisotopic (exact) mass is 264 g/mol. The number of rotatable bonds is 7. The first-order valence-corrected chi connectivity index (χ1v) is 6.49. The van der Waals surface area contributed by atoms with Gasteiger partial charge in [0.15, 0.2) is 0 Å². The third-order valence-corrected chi connectivity index (χ3v) is 2.77. The molecule has 104 valence electrons. The van der Waals surface area contributed by atoms with Crippen LogP contribution in [-0.2, 0) is 9.59 Å². The van der Waals surface area contributed by atoms with Gasteiger partial charge in [-0.2, -0.15) is 0 Å². The molecule has 0 spiro atoms. The highest BCUT2D eigenvalue weighted by atomic mass is 16.4. The van der Waals surface area contributed by atoms with Crippen LogP contribution in [0.15, 0.2) is 18.3 Å². The molecule has 5 heteroatoms. The molecule has 0 atom stereocenters. The second-order valence-electron chi connectivity index (χ2n) is 4.49. The molecule has 0 radical (unpaired) electrons. The Morgan fingerprint density at radius 1 is 1.32 bits per heavy atom. The maximum absolute atomic E-state index is 12.1. The van der Waals surface area contributed by atoms with Crippen LogP contribution >= 0.6 is 0 Å². The third-order valence-electron chi connectivity index (χ3n) is 2.77. The highest BCUT2D eigenvalue weighted by Gasteiger charge is 2.17. The molecular weight excluding hydrogens is 244 g/mol. The molecule has 19 heavy (non-hydrogen) atoms. The molecule has 1 rings (SSSR count). The van der Waals surface area contributed by atoms with Gasteiger partial charge in [-0.25, -0.2) is 4.98 Å². The van der Waals surface area contributed by atoms with Crippen molar-refractivity contribution in [2.45, 2.75) is 39.5 Å². The van der Waals surface area contributed by atoms with E-state index >= 15 is 0 Å². The van der Waals surface area contributed by atoms with Crippen LogP contribution in [0.1, 0.15) is 38.2 Å². The van der Waals surface area contributed by atoms with Crippen LogP contribution in [0, 0.1) is 6.92 Å². The first-order valence-electron chi connectivity index (χ1n) is 6.49. The van der Waals surface area contributed by atoms with Crippen LogP contribution in [-0.4, -0.2) is 28.5 Å². The number of carbonyl (C=O) groups excluding carboxylic acids is 1. The van der Waals surface area contributed by atoms with Crippen LogP contribution in [0.2, 0.25) is 0 Å². The zero-order valence-electron chi connectivity index (χ0n) is 11.4. The van der Waals surface area contributed by atoms with Crippen LogP contribution < -0.4 is 4.90 Å². The first kappa shape index (κ1) is 15.1. The summed E-state index contributed by atoms with van der Waals surface area (Å²) in [6.45, 7) is 4.09. The van der Waals surface area contributed by atoms with E-state index in [9.17, 15) is 9.59 Å². The molecule has 0 aromatic carbocycles. The van der Waals surface area contributed by atoms with Crippen molar-refractivity contribution in [2.75, 3.05) is 11.4 Å². The highest BCUT2D eigenvalue weighted by molar-refractivity contribution is 5.92. The summed E-state index contributed by atoms with van der Waals surface area (Å²) in [6, 6.07) is 3.62. The quantitative estimate of drug-likeness (QED) is 0.820. The minimum absolute atomic E-state index is 0.0700. The SMILES string of the molecule is CCCCC(=O)N(CCC(=O)O)c1ccc(C)cn1. The number of amides is 1. The van der Waals surface area contributed by atoms with E-state index in [1.165, 1.54) is 4.90 Å². The fraction of sp³-hybridized carbons (Fsp3) is 0.500. The number of anilines is 1. The Kier molecular flexibility index (Phi) is 5.99.